The van der Waals surface area contributed by atoms with Crippen molar-refractivity contribution >= 4 is 29.9 Å². The number of hydrogen-bond donors (Lipinski definition) is 2. The van der Waals surface area contributed by atoms with Gasteiger partial charge in [0.1, 0.15) is 0 Å². The second-order valence-corrected chi connectivity index (χ2v) is 6.49. The molecule has 1 saturated heterocycles. The Kier molecular flexibility index (Phi) is 11.1. The second-order valence-electron chi connectivity index (χ2n) is 6.49. The van der Waals surface area contributed by atoms with E-state index in [0.717, 1.165) is 19.5 Å². The Balaban J connectivity index is 0.00000288. The molecule has 1 aromatic rings. The van der Waals surface area contributed by atoms with Crippen molar-refractivity contribution in [1.82, 2.24) is 10.2 Å². The Morgan fingerprint density at radius 2 is 1.88 bits per heavy atom. The van der Waals surface area contributed by atoms with Crippen molar-refractivity contribution in [2.75, 3.05) is 19.6 Å². The summed E-state index contributed by atoms with van der Waals surface area (Å²) >= 11 is 0. The van der Waals surface area contributed by atoms with E-state index >= 15 is 0 Å². The second kappa shape index (κ2) is 12.5. The van der Waals surface area contributed by atoms with Gasteiger partial charge in [0, 0.05) is 13.1 Å². The van der Waals surface area contributed by atoms with Crippen LogP contribution in [0.1, 0.15) is 56.6 Å². The average Bonchev–Trinajstić information content (AvgIpc) is 2.82. The van der Waals surface area contributed by atoms with Gasteiger partial charge in [-0.05, 0) is 43.5 Å². The molecule has 24 heavy (non-hydrogen) atoms. The first kappa shape index (κ1) is 21.2. The van der Waals surface area contributed by atoms with Gasteiger partial charge in [-0.3, -0.25) is 4.90 Å². The molecule has 4 nitrogen and oxygen atoms in total. The number of rotatable bonds is 7. The van der Waals surface area contributed by atoms with Crippen LogP contribution in [0.2, 0.25) is 0 Å². The van der Waals surface area contributed by atoms with Crippen LogP contribution in [0.5, 0.6) is 0 Å². The zero-order valence-corrected chi connectivity index (χ0v) is 17.3. The van der Waals surface area contributed by atoms with Gasteiger partial charge in [0.25, 0.3) is 0 Å². The van der Waals surface area contributed by atoms with Gasteiger partial charge in [-0.1, -0.05) is 50.5 Å². The zero-order chi connectivity index (χ0) is 16.3. The van der Waals surface area contributed by atoms with Crippen LogP contribution in [0.15, 0.2) is 29.3 Å². The van der Waals surface area contributed by atoms with Gasteiger partial charge < -0.3 is 11.1 Å². The predicted molar refractivity (Wildman–Crippen MR) is 114 cm³/mol. The molecule has 0 aromatic heterocycles. The minimum absolute atomic E-state index is 0. The molecule has 2 rings (SSSR count). The molecule has 0 unspecified atom stereocenters. The lowest BCUT2D eigenvalue weighted by Gasteiger charge is -2.20. The molecule has 0 aliphatic carbocycles. The number of aliphatic imine (C=N–C) groups is 1. The van der Waals surface area contributed by atoms with Crippen LogP contribution in [-0.2, 0) is 13.1 Å². The molecule has 5 heteroatoms. The Morgan fingerprint density at radius 3 is 2.58 bits per heavy atom. The van der Waals surface area contributed by atoms with Gasteiger partial charge >= 0.3 is 0 Å². The maximum Gasteiger partial charge on any atom is 0.188 e. The molecule has 1 heterocycles. The van der Waals surface area contributed by atoms with E-state index in [1.165, 1.54) is 56.3 Å². The van der Waals surface area contributed by atoms with Crippen LogP contribution in [0.3, 0.4) is 0 Å². The Hall–Kier alpha value is -0.820. The zero-order valence-electron chi connectivity index (χ0n) is 15.0. The summed E-state index contributed by atoms with van der Waals surface area (Å²) in [6.07, 6.45) is 7.74. The van der Waals surface area contributed by atoms with Crippen LogP contribution in [-0.4, -0.2) is 30.5 Å². The largest absolute Gasteiger partial charge is 0.370 e. The fraction of sp³-hybridized carbons (Fsp3) is 0.632. The minimum atomic E-state index is 0. The molecule has 0 amide bonds. The van der Waals surface area contributed by atoms with E-state index < -0.39 is 0 Å². The highest BCUT2D eigenvalue weighted by Gasteiger charge is 2.09. The summed E-state index contributed by atoms with van der Waals surface area (Å²) in [5.41, 5.74) is 8.52. The molecular formula is C19H33IN4. The number of likely N-dealkylation sites (tertiary alicyclic amines) is 1. The predicted octanol–water partition coefficient (Wildman–Crippen LogP) is 3.89. The molecular weight excluding hydrogens is 411 g/mol. The van der Waals surface area contributed by atoms with Crippen LogP contribution in [0, 0.1) is 0 Å². The highest BCUT2D eigenvalue weighted by atomic mass is 127. The smallest absolute Gasteiger partial charge is 0.188 e. The molecule has 0 bridgehead atoms. The number of nitrogens with zero attached hydrogens (tertiary/aromatic N) is 2. The van der Waals surface area contributed by atoms with Crippen molar-refractivity contribution in [1.29, 1.82) is 0 Å². The third-order valence-electron chi connectivity index (χ3n) is 4.36. The van der Waals surface area contributed by atoms with Crippen LogP contribution < -0.4 is 11.1 Å². The third kappa shape index (κ3) is 8.33. The summed E-state index contributed by atoms with van der Waals surface area (Å²) in [7, 11) is 0. The Morgan fingerprint density at radius 1 is 1.17 bits per heavy atom. The van der Waals surface area contributed by atoms with Gasteiger partial charge in [0.2, 0.25) is 0 Å². The van der Waals surface area contributed by atoms with Crippen molar-refractivity contribution in [3.05, 3.63) is 35.4 Å². The summed E-state index contributed by atoms with van der Waals surface area (Å²) in [5.74, 6) is 0.552. The third-order valence-corrected chi connectivity index (χ3v) is 4.36. The van der Waals surface area contributed by atoms with Crippen molar-refractivity contribution in [2.45, 2.75) is 58.5 Å². The monoisotopic (exact) mass is 444 g/mol. The highest BCUT2D eigenvalue weighted by molar-refractivity contribution is 14.0. The quantitative estimate of drug-likeness (QED) is 0.291. The topological polar surface area (TPSA) is 53.6 Å². The summed E-state index contributed by atoms with van der Waals surface area (Å²) in [5, 5.41) is 3.16. The minimum Gasteiger partial charge on any atom is -0.370 e. The van der Waals surface area contributed by atoms with E-state index in [1.54, 1.807) is 0 Å². The van der Waals surface area contributed by atoms with Gasteiger partial charge in [0.15, 0.2) is 5.96 Å². The number of halogens is 1. The number of nitrogens with one attached hydrogen (secondary N) is 1. The fourth-order valence-corrected chi connectivity index (χ4v) is 3.00. The van der Waals surface area contributed by atoms with Crippen LogP contribution >= 0.6 is 24.0 Å². The van der Waals surface area contributed by atoms with Gasteiger partial charge in [0.05, 0.1) is 6.54 Å². The van der Waals surface area contributed by atoms with Crippen LogP contribution in [0.4, 0.5) is 0 Å². The van der Waals surface area contributed by atoms with Crippen molar-refractivity contribution < 1.29 is 0 Å². The van der Waals surface area contributed by atoms with Gasteiger partial charge in [-0.2, -0.15) is 0 Å². The van der Waals surface area contributed by atoms with Crippen molar-refractivity contribution in [3.63, 3.8) is 0 Å². The molecule has 1 aliphatic rings. The van der Waals surface area contributed by atoms with Crippen molar-refractivity contribution in [2.24, 2.45) is 10.7 Å². The fourth-order valence-electron chi connectivity index (χ4n) is 3.00. The van der Waals surface area contributed by atoms with Crippen molar-refractivity contribution in [3.8, 4) is 0 Å². The SMILES string of the molecule is CCCCNC(N)=NCc1cccc(CN2CCCCCC2)c1.I. The number of benzene rings is 1. The van der Waals surface area contributed by atoms with E-state index in [0.29, 0.717) is 12.5 Å². The normalized spacial score (nSPS) is 16.3. The molecule has 1 aliphatic heterocycles. The molecule has 0 atom stereocenters. The molecule has 0 saturated carbocycles. The summed E-state index contributed by atoms with van der Waals surface area (Å²) < 4.78 is 0. The average molecular weight is 444 g/mol. The van der Waals surface area contributed by atoms with E-state index in [9.17, 15) is 0 Å². The van der Waals surface area contributed by atoms with Gasteiger partial charge in [-0.25, -0.2) is 4.99 Å². The molecule has 1 aromatic carbocycles. The van der Waals surface area contributed by atoms with Gasteiger partial charge in [-0.15, -0.1) is 24.0 Å². The number of nitrogens with two attached hydrogens (primary N) is 1. The maximum atomic E-state index is 5.90. The Labute approximate surface area is 164 Å². The first-order valence-corrected chi connectivity index (χ1v) is 9.12. The van der Waals surface area contributed by atoms with E-state index in [1.807, 2.05) is 0 Å². The Bertz CT molecular complexity index is 482. The number of unbranched alkanes of at least 4 members (excludes halogenated alkanes) is 1. The molecule has 0 spiro atoms. The first-order chi connectivity index (χ1) is 11.3. The van der Waals surface area contributed by atoms with E-state index in [4.69, 9.17) is 5.73 Å². The summed E-state index contributed by atoms with van der Waals surface area (Å²) in [6, 6.07) is 8.77. The van der Waals surface area contributed by atoms with Crippen LogP contribution in [0.25, 0.3) is 0 Å². The molecule has 136 valence electrons. The molecule has 0 radical (unpaired) electrons. The first-order valence-electron chi connectivity index (χ1n) is 9.12. The summed E-state index contributed by atoms with van der Waals surface area (Å²) in [4.78, 5) is 7.02. The standard InChI is InChI=1S/C19H32N4.HI/c1-2-3-11-21-19(20)22-15-17-9-8-10-18(14-17)16-23-12-6-4-5-7-13-23;/h8-10,14H,2-7,11-13,15-16H2,1H3,(H3,20,21,22);1H. The summed E-state index contributed by atoms with van der Waals surface area (Å²) in [6.45, 7) is 7.25. The molecule has 3 N–H and O–H groups in total. The lowest BCUT2D eigenvalue weighted by molar-refractivity contribution is 0.277. The lowest BCUT2D eigenvalue weighted by Crippen LogP contribution is -2.32. The van der Waals surface area contributed by atoms with E-state index in [-0.39, 0.29) is 24.0 Å². The lowest BCUT2D eigenvalue weighted by atomic mass is 10.1. The number of guanidine groups is 1. The van der Waals surface area contributed by atoms with E-state index in [2.05, 4.69) is 46.4 Å². The molecule has 1 fully saturated rings. The number of hydrogen-bond acceptors (Lipinski definition) is 2. The highest BCUT2D eigenvalue weighted by Crippen LogP contribution is 2.14. The maximum absolute atomic E-state index is 5.90.